The summed E-state index contributed by atoms with van der Waals surface area (Å²) in [7, 11) is 0. The zero-order valence-corrected chi connectivity index (χ0v) is 34.8. The molecule has 0 amide bonds. The van der Waals surface area contributed by atoms with E-state index in [-0.39, 0.29) is 5.92 Å². The molecule has 61 heavy (non-hydrogen) atoms. The Balaban J connectivity index is 1.21. The SMILES string of the molecule is Cc1ccc(-c2c3nc(c(-c4ccc(C)cc4)c4ccc(s4)c(-c4ccc(C)cc4)c4nc(c(-c5ccc(-n6cc(C7C=CC=C7)nn6)cc5)c5ccc2[nH]5)C=C4)C=C3)cc1. The van der Waals surface area contributed by atoms with Crippen LogP contribution in [0.2, 0.25) is 0 Å². The summed E-state index contributed by atoms with van der Waals surface area (Å²) in [6.07, 6.45) is 19.0. The molecule has 0 radical (unpaired) electrons. The largest absolute Gasteiger partial charge is 0.354 e. The number of aromatic amines is 1. The van der Waals surface area contributed by atoms with Gasteiger partial charge < -0.3 is 4.98 Å². The Bertz CT molecular complexity index is 3250. The molecule has 2 aliphatic heterocycles. The van der Waals surface area contributed by atoms with Crippen molar-refractivity contribution in [3.8, 4) is 50.2 Å². The van der Waals surface area contributed by atoms with Gasteiger partial charge in [-0.2, -0.15) is 0 Å². The second-order valence-corrected chi connectivity index (χ2v) is 17.0. The highest BCUT2D eigenvalue weighted by molar-refractivity contribution is 7.24. The summed E-state index contributed by atoms with van der Waals surface area (Å²) in [6.45, 7) is 6.38. The number of aromatic nitrogens is 6. The summed E-state index contributed by atoms with van der Waals surface area (Å²) in [5.41, 5.74) is 19.7. The van der Waals surface area contributed by atoms with Crippen molar-refractivity contribution in [2.24, 2.45) is 0 Å². The van der Waals surface area contributed by atoms with Crippen LogP contribution in [0, 0.1) is 20.8 Å². The predicted octanol–water partition coefficient (Wildman–Crippen LogP) is 13.8. The van der Waals surface area contributed by atoms with E-state index >= 15 is 0 Å². The molecule has 7 heteroatoms. The van der Waals surface area contributed by atoms with E-state index in [2.05, 4.69) is 206 Å². The van der Waals surface area contributed by atoms with Gasteiger partial charge in [0.25, 0.3) is 0 Å². The van der Waals surface area contributed by atoms with E-state index in [4.69, 9.17) is 9.97 Å². The number of thiophene rings is 1. The minimum atomic E-state index is 0.147. The molecule has 0 unspecified atom stereocenters. The molecule has 1 N–H and O–H groups in total. The van der Waals surface area contributed by atoms with E-state index in [1.54, 1.807) is 11.3 Å². The van der Waals surface area contributed by atoms with Crippen LogP contribution in [0.5, 0.6) is 0 Å². The number of H-pyrrole nitrogens is 1. The van der Waals surface area contributed by atoms with Crippen molar-refractivity contribution in [2.45, 2.75) is 26.7 Å². The van der Waals surface area contributed by atoms with Gasteiger partial charge in [0, 0.05) is 48.6 Å². The Hall–Kier alpha value is -7.48. The van der Waals surface area contributed by atoms with Crippen molar-refractivity contribution in [1.29, 1.82) is 0 Å². The molecule has 11 rings (SSSR count). The van der Waals surface area contributed by atoms with Crippen LogP contribution in [0.4, 0.5) is 0 Å². The van der Waals surface area contributed by atoms with E-state index in [1.165, 1.54) is 16.7 Å². The summed E-state index contributed by atoms with van der Waals surface area (Å²) in [5.74, 6) is 0.147. The molecule has 8 bridgehead atoms. The molecule has 6 nitrogen and oxygen atoms in total. The van der Waals surface area contributed by atoms with Gasteiger partial charge in [0.05, 0.1) is 40.4 Å². The van der Waals surface area contributed by atoms with Crippen LogP contribution in [0.1, 0.15) is 51.1 Å². The number of allylic oxidation sites excluding steroid dienone is 4. The van der Waals surface area contributed by atoms with Gasteiger partial charge in [0.15, 0.2) is 0 Å². The zero-order valence-electron chi connectivity index (χ0n) is 34.0. The number of benzene rings is 4. The normalized spacial score (nSPS) is 13.2. The van der Waals surface area contributed by atoms with Crippen LogP contribution in [-0.4, -0.2) is 29.9 Å². The monoisotopic (exact) mass is 804 g/mol. The van der Waals surface area contributed by atoms with E-state index in [1.807, 2.05) is 10.9 Å². The van der Waals surface area contributed by atoms with Crippen LogP contribution < -0.4 is 0 Å². The second-order valence-electron chi connectivity index (χ2n) is 15.9. The number of aryl methyl sites for hydroxylation is 3. The maximum atomic E-state index is 5.50. The van der Waals surface area contributed by atoms with Crippen molar-refractivity contribution >= 4 is 56.1 Å². The Morgan fingerprint density at radius 2 is 0.885 bits per heavy atom. The number of hydrogen-bond acceptors (Lipinski definition) is 5. The molecule has 0 fully saturated rings. The van der Waals surface area contributed by atoms with Gasteiger partial charge in [-0.15, -0.1) is 16.4 Å². The van der Waals surface area contributed by atoms with Gasteiger partial charge >= 0.3 is 0 Å². The lowest BCUT2D eigenvalue weighted by atomic mass is 10.0. The molecule has 4 aromatic carbocycles. The van der Waals surface area contributed by atoms with Gasteiger partial charge in [-0.05, 0) is 104 Å². The summed E-state index contributed by atoms with van der Waals surface area (Å²) in [6, 6.07) is 43.7. The molecular weight excluding hydrogens is 765 g/mol. The first-order valence-corrected chi connectivity index (χ1v) is 21.4. The van der Waals surface area contributed by atoms with Crippen LogP contribution in [-0.2, 0) is 0 Å². The third-order valence-corrected chi connectivity index (χ3v) is 12.8. The highest BCUT2D eigenvalue weighted by Crippen LogP contribution is 2.41. The van der Waals surface area contributed by atoms with Crippen LogP contribution >= 0.6 is 11.3 Å². The van der Waals surface area contributed by atoms with Crippen LogP contribution in [0.3, 0.4) is 0 Å². The van der Waals surface area contributed by atoms with Crippen molar-refractivity contribution in [1.82, 2.24) is 29.9 Å². The average molecular weight is 805 g/mol. The van der Waals surface area contributed by atoms with Crippen molar-refractivity contribution < 1.29 is 0 Å². The van der Waals surface area contributed by atoms with Gasteiger partial charge in [-0.3, -0.25) is 0 Å². The van der Waals surface area contributed by atoms with Crippen molar-refractivity contribution in [3.63, 3.8) is 0 Å². The Kier molecular flexibility index (Phi) is 8.98. The molecular formula is C54H40N6S. The third-order valence-electron chi connectivity index (χ3n) is 11.7. The first kappa shape index (κ1) is 36.6. The average Bonchev–Trinajstić information content (AvgIpc) is 4.13. The summed E-state index contributed by atoms with van der Waals surface area (Å²) >= 11 is 1.79. The highest BCUT2D eigenvalue weighted by atomic mass is 32.1. The highest BCUT2D eigenvalue weighted by Gasteiger charge is 2.20. The van der Waals surface area contributed by atoms with Crippen LogP contribution in [0.25, 0.3) is 94.9 Å². The van der Waals surface area contributed by atoms with E-state index in [9.17, 15) is 0 Å². The minimum Gasteiger partial charge on any atom is -0.354 e. The van der Waals surface area contributed by atoms with Gasteiger partial charge in [-0.25, -0.2) is 14.6 Å². The lowest BCUT2D eigenvalue weighted by Gasteiger charge is -2.08. The standard InChI is InChI=1S/C54H40N6S/c1-33-8-14-37(15-9-33)51-42-24-25-43(55-42)52(38-20-22-41(23-21-38)60-32-48(58-59-60)36-6-4-5-7-36)45-27-29-47(57-45)54(40-18-12-35(3)13-19-40)50-31-30-49(61-50)53(46-28-26-44(51)56-46)39-16-10-34(2)11-17-39/h4-32,36,55H,1-3H3. The smallest absolute Gasteiger partial charge is 0.0938 e. The Morgan fingerprint density at radius 3 is 1.34 bits per heavy atom. The fourth-order valence-corrected chi connectivity index (χ4v) is 9.57. The minimum absolute atomic E-state index is 0.147. The third kappa shape index (κ3) is 6.79. The lowest BCUT2D eigenvalue weighted by Crippen LogP contribution is -1.95. The summed E-state index contributed by atoms with van der Waals surface area (Å²) in [4.78, 5) is 14.9. The number of nitrogens with one attached hydrogen (secondary N) is 1. The quantitative estimate of drug-likeness (QED) is 0.182. The van der Waals surface area contributed by atoms with Crippen molar-refractivity contribution in [2.75, 3.05) is 0 Å². The first-order valence-electron chi connectivity index (χ1n) is 20.6. The molecule has 0 spiro atoms. The second kappa shape index (κ2) is 15.0. The summed E-state index contributed by atoms with van der Waals surface area (Å²) in [5, 5.41) is 8.96. The maximum Gasteiger partial charge on any atom is 0.0938 e. The number of fused-ring (bicyclic) bond motifs is 8. The predicted molar refractivity (Wildman–Crippen MR) is 254 cm³/mol. The van der Waals surface area contributed by atoms with E-state index < -0.39 is 0 Å². The van der Waals surface area contributed by atoms with Crippen LogP contribution in [0.15, 0.2) is 152 Å². The molecule has 3 aliphatic rings. The molecule has 6 heterocycles. The molecule has 4 aromatic heterocycles. The Morgan fingerprint density at radius 1 is 0.475 bits per heavy atom. The van der Waals surface area contributed by atoms with Gasteiger partial charge in [0.1, 0.15) is 0 Å². The fraction of sp³-hybridized carbons (Fsp3) is 0.0741. The summed E-state index contributed by atoms with van der Waals surface area (Å²) < 4.78 is 4.13. The Labute approximate surface area is 358 Å². The molecule has 0 saturated heterocycles. The molecule has 0 saturated carbocycles. The topological polar surface area (TPSA) is 72.3 Å². The van der Waals surface area contributed by atoms with E-state index in [0.717, 1.165) is 99.1 Å². The van der Waals surface area contributed by atoms with Gasteiger partial charge in [0.2, 0.25) is 0 Å². The molecule has 8 aromatic rings. The fourth-order valence-electron chi connectivity index (χ4n) is 8.42. The number of rotatable bonds is 6. The number of hydrogen-bond donors (Lipinski definition) is 1. The van der Waals surface area contributed by atoms with E-state index in [0.29, 0.717) is 0 Å². The molecule has 292 valence electrons. The van der Waals surface area contributed by atoms with Gasteiger partial charge in [-0.1, -0.05) is 131 Å². The number of nitrogens with zero attached hydrogens (tertiary/aromatic N) is 5. The van der Waals surface area contributed by atoms with Crippen molar-refractivity contribution in [3.05, 3.63) is 197 Å². The molecule has 1 aliphatic carbocycles. The zero-order chi connectivity index (χ0) is 41.0. The first-order chi connectivity index (χ1) is 29.9. The molecule has 0 atom stereocenters. The maximum absolute atomic E-state index is 5.50. The lowest BCUT2D eigenvalue weighted by molar-refractivity contribution is 0.797.